The van der Waals surface area contributed by atoms with Crippen molar-refractivity contribution >= 4 is 11.9 Å². The first-order chi connectivity index (χ1) is 8.75. The maximum absolute atomic E-state index is 11.1. The maximum atomic E-state index is 11.1. The highest BCUT2D eigenvalue weighted by molar-refractivity contribution is 5.94. The predicted octanol–water partition coefficient (Wildman–Crippen LogP) is 2.19. The lowest BCUT2D eigenvalue weighted by atomic mass is 10.0. The average Bonchev–Trinajstić information content (AvgIpc) is 2.65. The van der Waals surface area contributed by atoms with E-state index >= 15 is 0 Å². The summed E-state index contributed by atoms with van der Waals surface area (Å²) in [5.41, 5.74) is 0. The molecule has 0 saturated carbocycles. The Bertz CT molecular complexity index is 335. The minimum absolute atomic E-state index is 0.423. The highest BCUT2D eigenvalue weighted by atomic mass is 16.5. The zero-order valence-corrected chi connectivity index (χ0v) is 10.5. The third kappa shape index (κ3) is 4.99. The van der Waals surface area contributed by atoms with Gasteiger partial charge >= 0.3 is 11.9 Å². The van der Waals surface area contributed by atoms with Gasteiger partial charge in [-0.05, 0) is 19.3 Å². The number of methoxy groups -OCH3 is 1. The number of cyclic esters (lactones) is 1. The van der Waals surface area contributed by atoms with Crippen LogP contribution in [0.4, 0.5) is 0 Å². The van der Waals surface area contributed by atoms with Crippen molar-refractivity contribution in [2.45, 2.75) is 19.3 Å². The quantitative estimate of drug-likeness (QED) is 0.566. The lowest BCUT2D eigenvalue weighted by Crippen LogP contribution is -2.25. The second kappa shape index (κ2) is 8.28. The first kappa shape index (κ1) is 14.2. The van der Waals surface area contributed by atoms with E-state index in [2.05, 4.69) is 4.74 Å². The number of benzene rings is 1. The van der Waals surface area contributed by atoms with Crippen molar-refractivity contribution in [1.82, 2.24) is 0 Å². The third-order valence-corrected chi connectivity index (χ3v) is 2.57. The molecule has 4 heteroatoms. The molecule has 1 aliphatic heterocycles. The van der Waals surface area contributed by atoms with Crippen LogP contribution in [0.3, 0.4) is 0 Å². The van der Waals surface area contributed by atoms with Crippen LogP contribution in [0.15, 0.2) is 36.4 Å². The molecule has 18 heavy (non-hydrogen) atoms. The van der Waals surface area contributed by atoms with Gasteiger partial charge in [0.15, 0.2) is 5.92 Å². The fraction of sp³-hybridized carbons (Fsp3) is 0.429. The Kier molecular flexibility index (Phi) is 6.54. The van der Waals surface area contributed by atoms with Crippen LogP contribution in [0.5, 0.6) is 0 Å². The van der Waals surface area contributed by atoms with Gasteiger partial charge in [-0.15, -0.1) is 0 Å². The van der Waals surface area contributed by atoms with E-state index in [4.69, 9.17) is 4.74 Å². The number of rotatable bonds is 1. The van der Waals surface area contributed by atoms with Crippen molar-refractivity contribution < 1.29 is 19.1 Å². The van der Waals surface area contributed by atoms with Gasteiger partial charge in [0.05, 0.1) is 13.7 Å². The molecular formula is C14H18O4. The van der Waals surface area contributed by atoms with Crippen LogP contribution in [-0.2, 0) is 19.1 Å². The third-order valence-electron chi connectivity index (χ3n) is 2.57. The van der Waals surface area contributed by atoms with E-state index in [0.717, 1.165) is 12.8 Å². The van der Waals surface area contributed by atoms with E-state index in [0.29, 0.717) is 13.0 Å². The van der Waals surface area contributed by atoms with Gasteiger partial charge in [0.2, 0.25) is 0 Å². The average molecular weight is 250 g/mol. The minimum atomic E-state index is -0.697. The predicted molar refractivity (Wildman–Crippen MR) is 66.8 cm³/mol. The molecule has 1 unspecified atom stereocenters. The molecule has 1 atom stereocenters. The summed E-state index contributed by atoms with van der Waals surface area (Å²) >= 11 is 0. The molecule has 0 spiro atoms. The monoisotopic (exact) mass is 250 g/mol. The molecule has 98 valence electrons. The van der Waals surface area contributed by atoms with Gasteiger partial charge in [-0.25, -0.2) is 0 Å². The van der Waals surface area contributed by atoms with Crippen LogP contribution in [0, 0.1) is 5.92 Å². The molecule has 1 fully saturated rings. The van der Waals surface area contributed by atoms with Crippen LogP contribution in [0.25, 0.3) is 0 Å². The molecule has 0 amide bonds. The van der Waals surface area contributed by atoms with Crippen molar-refractivity contribution in [2.24, 2.45) is 5.92 Å². The van der Waals surface area contributed by atoms with Crippen LogP contribution >= 0.6 is 0 Å². The molecular weight excluding hydrogens is 232 g/mol. The van der Waals surface area contributed by atoms with Gasteiger partial charge in [-0.3, -0.25) is 9.59 Å². The van der Waals surface area contributed by atoms with Gasteiger partial charge in [-0.2, -0.15) is 0 Å². The van der Waals surface area contributed by atoms with E-state index < -0.39 is 17.9 Å². The zero-order chi connectivity index (χ0) is 13.2. The Hall–Kier alpha value is -1.84. The van der Waals surface area contributed by atoms with Crippen molar-refractivity contribution in [3.8, 4) is 0 Å². The van der Waals surface area contributed by atoms with E-state index in [-0.39, 0.29) is 0 Å². The molecule has 1 heterocycles. The maximum Gasteiger partial charge on any atom is 0.320 e. The summed E-state index contributed by atoms with van der Waals surface area (Å²) in [4.78, 5) is 22.1. The highest BCUT2D eigenvalue weighted by Gasteiger charge is 2.30. The van der Waals surface area contributed by atoms with Gasteiger partial charge in [0.1, 0.15) is 0 Å². The second-order valence-corrected chi connectivity index (χ2v) is 3.89. The molecule has 0 aromatic heterocycles. The molecule has 0 radical (unpaired) electrons. The molecule has 2 rings (SSSR count). The first-order valence-electron chi connectivity index (χ1n) is 6.00. The molecule has 0 N–H and O–H groups in total. The first-order valence-corrected chi connectivity index (χ1v) is 6.00. The number of carbonyl (C=O) groups is 2. The molecule has 4 nitrogen and oxygen atoms in total. The number of esters is 2. The number of carbonyl (C=O) groups excluding carboxylic acids is 2. The Balaban J connectivity index is 0.000000225. The van der Waals surface area contributed by atoms with E-state index in [9.17, 15) is 9.59 Å². The fourth-order valence-electron chi connectivity index (χ4n) is 1.58. The Labute approximate surface area is 107 Å². The lowest BCUT2D eigenvalue weighted by Gasteiger charge is -2.08. The summed E-state index contributed by atoms with van der Waals surface area (Å²) in [6.07, 6.45) is 2.22. The molecule has 1 aromatic carbocycles. The van der Waals surface area contributed by atoms with E-state index in [1.165, 1.54) is 7.11 Å². The standard InChI is InChI=1S/C8H12O4.C6H6/c1-11-7(9)6-4-2-3-5-12-8(6)10;1-2-4-6-5-3-1/h6H,2-5H2,1H3;1-6H. The smallest absolute Gasteiger partial charge is 0.320 e. The Morgan fingerprint density at radius 1 is 1.17 bits per heavy atom. The lowest BCUT2D eigenvalue weighted by molar-refractivity contribution is -0.159. The summed E-state index contributed by atoms with van der Waals surface area (Å²) in [5.74, 6) is -1.63. The summed E-state index contributed by atoms with van der Waals surface area (Å²) in [7, 11) is 1.28. The topological polar surface area (TPSA) is 52.6 Å². The largest absolute Gasteiger partial charge is 0.468 e. The summed E-state index contributed by atoms with van der Waals surface area (Å²) in [6, 6.07) is 12.0. The van der Waals surface area contributed by atoms with Crippen molar-refractivity contribution in [3.05, 3.63) is 36.4 Å². The van der Waals surface area contributed by atoms with Crippen LogP contribution in [0.1, 0.15) is 19.3 Å². The zero-order valence-electron chi connectivity index (χ0n) is 10.5. The number of hydrogen-bond donors (Lipinski definition) is 0. The normalized spacial score (nSPS) is 18.7. The molecule has 1 aromatic rings. The van der Waals surface area contributed by atoms with E-state index in [1.807, 2.05) is 36.4 Å². The van der Waals surface area contributed by atoms with Crippen molar-refractivity contribution in [3.63, 3.8) is 0 Å². The molecule has 0 bridgehead atoms. The van der Waals surface area contributed by atoms with Gasteiger partial charge in [-0.1, -0.05) is 36.4 Å². The summed E-state index contributed by atoms with van der Waals surface area (Å²) in [6.45, 7) is 0.423. The molecule has 0 aliphatic carbocycles. The van der Waals surface area contributed by atoms with Crippen LogP contribution in [0.2, 0.25) is 0 Å². The van der Waals surface area contributed by atoms with Gasteiger partial charge in [0, 0.05) is 0 Å². The SMILES string of the molecule is COC(=O)C1CCCCOC1=O.c1ccccc1. The van der Waals surface area contributed by atoms with E-state index in [1.54, 1.807) is 0 Å². The number of ether oxygens (including phenoxy) is 2. The summed E-state index contributed by atoms with van der Waals surface area (Å²) < 4.78 is 9.27. The highest BCUT2D eigenvalue weighted by Crippen LogP contribution is 2.16. The van der Waals surface area contributed by atoms with Crippen LogP contribution in [-0.4, -0.2) is 25.7 Å². The number of hydrogen-bond acceptors (Lipinski definition) is 4. The van der Waals surface area contributed by atoms with Gasteiger partial charge < -0.3 is 9.47 Å². The summed E-state index contributed by atoms with van der Waals surface area (Å²) in [5, 5.41) is 0. The van der Waals surface area contributed by atoms with Crippen molar-refractivity contribution in [1.29, 1.82) is 0 Å². The van der Waals surface area contributed by atoms with Crippen LogP contribution < -0.4 is 0 Å². The molecule has 1 saturated heterocycles. The van der Waals surface area contributed by atoms with Crippen molar-refractivity contribution in [2.75, 3.05) is 13.7 Å². The minimum Gasteiger partial charge on any atom is -0.468 e. The Morgan fingerprint density at radius 2 is 1.72 bits per heavy atom. The Morgan fingerprint density at radius 3 is 2.22 bits per heavy atom. The molecule has 1 aliphatic rings. The second-order valence-electron chi connectivity index (χ2n) is 3.89. The fourth-order valence-corrected chi connectivity index (χ4v) is 1.58. The van der Waals surface area contributed by atoms with Gasteiger partial charge in [0.25, 0.3) is 0 Å².